The lowest BCUT2D eigenvalue weighted by Gasteiger charge is -2.30. The first-order valence-electron chi connectivity index (χ1n) is 8.87. The molecule has 0 aliphatic rings. The van der Waals surface area contributed by atoms with Crippen molar-refractivity contribution in [2.45, 2.75) is 33.7 Å². The van der Waals surface area contributed by atoms with E-state index in [0.717, 1.165) is 10.2 Å². The molecule has 1 aromatic heterocycles. The van der Waals surface area contributed by atoms with E-state index in [-0.39, 0.29) is 17.1 Å². The quantitative estimate of drug-likeness (QED) is 0.491. The predicted octanol–water partition coefficient (Wildman–Crippen LogP) is 4.17. The third kappa shape index (κ3) is 4.39. The Hall–Kier alpha value is -2.74. The summed E-state index contributed by atoms with van der Waals surface area (Å²) in [6.07, 6.45) is 1.58. The molecule has 0 radical (unpaired) electrons. The van der Waals surface area contributed by atoms with Gasteiger partial charge >= 0.3 is 0 Å². The van der Waals surface area contributed by atoms with Crippen LogP contribution in [0.3, 0.4) is 0 Å². The molecule has 8 heteroatoms. The van der Waals surface area contributed by atoms with Gasteiger partial charge in [0.15, 0.2) is 0 Å². The topological polar surface area (TPSA) is 96.0 Å². The average Bonchev–Trinajstić information content (AvgIpc) is 2.65. The van der Waals surface area contributed by atoms with Gasteiger partial charge in [-0.15, -0.1) is 0 Å². The predicted molar refractivity (Wildman–Crippen MR) is 117 cm³/mol. The molecule has 28 heavy (non-hydrogen) atoms. The summed E-state index contributed by atoms with van der Waals surface area (Å²) in [6.45, 7) is 8.17. The summed E-state index contributed by atoms with van der Waals surface area (Å²) in [5.74, 6) is 0.803. The molecule has 1 heterocycles. The Bertz CT molecular complexity index is 1050. The van der Waals surface area contributed by atoms with E-state index in [1.807, 2.05) is 31.2 Å². The molecule has 0 spiro atoms. The van der Waals surface area contributed by atoms with E-state index < -0.39 is 10.9 Å². The molecule has 0 amide bonds. The van der Waals surface area contributed by atoms with Crippen molar-refractivity contribution in [3.05, 3.63) is 61.4 Å². The van der Waals surface area contributed by atoms with E-state index in [9.17, 15) is 9.59 Å². The van der Waals surface area contributed by atoms with Gasteiger partial charge in [0.1, 0.15) is 17.2 Å². The van der Waals surface area contributed by atoms with Crippen LogP contribution < -0.4 is 26.8 Å². The second-order valence-corrected chi connectivity index (χ2v) is 8.58. The molecular weight excluding hydrogens is 422 g/mol. The maximum absolute atomic E-state index is 12.0. The van der Waals surface area contributed by atoms with Crippen molar-refractivity contribution in [3.63, 3.8) is 0 Å². The Labute approximate surface area is 171 Å². The van der Waals surface area contributed by atoms with E-state index in [1.54, 1.807) is 12.3 Å². The highest BCUT2D eigenvalue weighted by atomic mass is 79.9. The standard InChI is InChI=1S/C20H22BrN5O2/c1-11(20(2,3)4)23-15-16(18(28)17(15)27)25-14-9-10-22-19(26-14)24-13-7-5-12(21)6-8-13/h5-11,23H,1-4H3,(H2,22,24,25,26)/t11-/m1/s1. The summed E-state index contributed by atoms with van der Waals surface area (Å²) in [6, 6.07) is 9.24. The number of halogens is 1. The Morgan fingerprint density at radius 1 is 0.964 bits per heavy atom. The Balaban J connectivity index is 1.78. The third-order valence-corrected chi connectivity index (χ3v) is 5.11. The fraction of sp³-hybridized carbons (Fsp3) is 0.300. The average molecular weight is 444 g/mol. The molecule has 3 aromatic rings. The van der Waals surface area contributed by atoms with Crippen molar-refractivity contribution >= 4 is 44.8 Å². The molecule has 0 saturated heterocycles. The van der Waals surface area contributed by atoms with E-state index in [2.05, 4.69) is 62.6 Å². The molecule has 0 bridgehead atoms. The number of hydrogen-bond acceptors (Lipinski definition) is 7. The van der Waals surface area contributed by atoms with Crippen LogP contribution in [-0.2, 0) is 0 Å². The molecule has 7 nitrogen and oxygen atoms in total. The van der Waals surface area contributed by atoms with Crippen LogP contribution in [0.15, 0.2) is 50.6 Å². The number of rotatable bonds is 6. The second-order valence-electron chi connectivity index (χ2n) is 7.66. The molecule has 0 fully saturated rings. The fourth-order valence-corrected chi connectivity index (χ4v) is 2.62. The highest BCUT2D eigenvalue weighted by Gasteiger charge is 2.27. The van der Waals surface area contributed by atoms with Crippen molar-refractivity contribution in [1.29, 1.82) is 0 Å². The highest BCUT2D eigenvalue weighted by molar-refractivity contribution is 9.10. The van der Waals surface area contributed by atoms with Crippen LogP contribution in [0, 0.1) is 5.41 Å². The van der Waals surface area contributed by atoms with E-state index in [0.29, 0.717) is 17.5 Å². The van der Waals surface area contributed by atoms with E-state index in [1.165, 1.54) is 0 Å². The molecule has 0 aliphatic carbocycles. The van der Waals surface area contributed by atoms with Gasteiger partial charge in [0.2, 0.25) is 5.95 Å². The summed E-state index contributed by atoms with van der Waals surface area (Å²) in [7, 11) is 0. The fourth-order valence-electron chi connectivity index (χ4n) is 2.36. The number of nitrogens with zero attached hydrogens (tertiary/aromatic N) is 2. The van der Waals surface area contributed by atoms with Crippen molar-refractivity contribution < 1.29 is 0 Å². The number of aromatic nitrogens is 2. The van der Waals surface area contributed by atoms with Crippen LogP contribution in [0.25, 0.3) is 0 Å². The summed E-state index contributed by atoms with van der Waals surface area (Å²) in [4.78, 5) is 32.6. The third-order valence-electron chi connectivity index (χ3n) is 4.58. The SMILES string of the molecule is C[C@@H](Nc1c(Nc2ccnc(Nc3ccc(Br)cc3)n2)c(=O)c1=O)C(C)(C)C. The van der Waals surface area contributed by atoms with E-state index in [4.69, 9.17) is 0 Å². The zero-order valence-electron chi connectivity index (χ0n) is 16.1. The van der Waals surface area contributed by atoms with Crippen molar-refractivity contribution in [3.8, 4) is 0 Å². The van der Waals surface area contributed by atoms with Gasteiger partial charge < -0.3 is 16.0 Å². The minimum absolute atomic E-state index is 0.0105. The first-order valence-corrected chi connectivity index (χ1v) is 9.67. The van der Waals surface area contributed by atoms with Gasteiger partial charge in [-0.3, -0.25) is 9.59 Å². The zero-order valence-corrected chi connectivity index (χ0v) is 17.7. The van der Waals surface area contributed by atoms with E-state index >= 15 is 0 Å². The molecule has 0 unspecified atom stereocenters. The van der Waals surface area contributed by atoms with Gasteiger partial charge in [-0.05, 0) is 42.7 Å². The van der Waals surface area contributed by atoms with Crippen LogP contribution in [-0.4, -0.2) is 16.0 Å². The van der Waals surface area contributed by atoms with Gasteiger partial charge in [-0.2, -0.15) is 4.98 Å². The molecule has 3 rings (SSSR count). The molecule has 2 aromatic carbocycles. The minimum atomic E-state index is -0.551. The zero-order chi connectivity index (χ0) is 20.5. The van der Waals surface area contributed by atoms with Gasteiger partial charge in [-0.25, -0.2) is 4.98 Å². The van der Waals surface area contributed by atoms with Crippen LogP contribution in [0.2, 0.25) is 0 Å². The highest BCUT2D eigenvalue weighted by Crippen LogP contribution is 2.26. The molecule has 1 atom stereocenters. The Morgan fingerprint density at radius 3 is 2.25 bits per heavy atom. The van der Waals surface area contributed by atoms with Crippen molar-refractivity contribution in [1.82, 2.24) is 9.97 Å². The molecule has 3 N–H and O–H groups in total. The largest absolute Gasteiger partial charge is 0.377 e. The Morgan fingerprint density at radius 2 is 1.61 bits per heavy atom. The summed E-state index contributed by atoms with van der Waals surface area (Å²) < 4.78 is 0.971. The van der Waals surface area contributed by atoms with Crippen LogP contribution in [0.5, 0.6) is 0 Å². The lowest BCUT2D eigenvalue weighted by molar-refractivity contribution is 0.359. The lowest BCUT2D eigenvalue weighted by atomic mass is 9.87. The number of hydrogen-bond donors (Lipinski definition) is 3. The number of anilines is 5. The normalized spacial score (nSPS) is 12.6. The first-order chi connectivity index (χ1) is 13.1. The van der Waals surface area contributed by atoms with Gasteiger partial charge in [0.25, 0.3) is 10.9 Å². The summed E-state index contributed by atoms with van der Waals surface area (Å²) in [5, 5.41) is 9.20. The van der Waals surface area contributed by atoms with Crippen molar-refractivity contribution in [2.24, 2.45) is 5.41 Å². The van der Waals surface area contributed by atoms with Crippen LogP contribution in [0.4, 0.5) is 28.8 Å². The number of benzene rings is 1. The molecular formula is C20H22BrN5O2. The molecule has 146 valence electrons. The minimum Gasteiger partial charge on any atom is -0.377 e. The lowest BCUT2D eigenvalue weighted by Crippen LogP contribution is -2.41. The molecule has 0 saturated carbocycles. The second kappa shape index (κ2) is 7.71. The van der Waals surface area contributed by atoms with Crippen LogP contribution >= 0.6 is 15.9 Å². The number of nitrogens with one attached hydrogen (secondary N) is 3. The maximum atomic E-state index is 12.0. The maximum Gasteiger partial charge on any atom is 0.253 e. The first kappa shape index (κ1) is 20.0. The molecule has 0 aliphatic heterocycles. The van der Waals surface area contributed by atoms with Gasteiger partial charge in [0, 0.05) is 22.4 Å². The van der Waals surface area contributed by atoms with Gasteiger partial charge in [-0.1, -0.05) is 36.7 Å². The van der Waals surface area contributed by atoms with Gasteiger partial charge in [0.05, 0.1) is 0 Å². The summed E-state index contributed by atoms with van der Waals surface area (Å²) >= 11 is 3.39. The summed E-state index contributed by atoms with van der Waals surface area (Å²) in [5.41, 5.74) is 0.234. The van der Waals surface area contributed by atoms with Crippen LogP contribution in [0.1, 0.15) is 27.7 Å². The smallest absolute Gasteiger partial charge is 0.253 e. The monoisotopic (exact) mass is 443 g/mol. The Kier molecular flexibility index (Phi) is 5.51. The van der Waals surface area contributed by atoms with Crippen molar-refractivity contribution in [2.75, 3.05) is 16.0 Å².